The molecule has 0 aliphatic carbocycles. The maximum absolute atomic E-state index is 13.6. The van der Waals surface area contributed by atoms with Crippen molar-refractivity contribution in [3.63, 3.8) is 0 Å². The van der Waals surface area contributed by atoms with Crippen LogP contribution in [0.5, 0.6) is 0 Å². The zero-order valence-corrected chi connectivity index (χ0v) is 22.4. The molecule has 37 heavy (non-hydrogen) atoms. The van der Waals surface area contributed by atoms with E-state index in [1.807, 2.05) is 45.0 Å². The summed E-state index contributed by atoms with van der Waals surface area (Å²) in [6, 6.07) is 12.4. The number of carbonyl (C=O) groups is 2. The van der Waals surface area contributed by atoms with Crippen LogP contribution < -0.4 is 10.6 Å². The highest BCUT2D eigenvalue weighted by atomic mass is 16.6. The fraction of sp³-hybridized carbons (Fsp3) is 0.467. The number of nitrogens with zero attached hydrogens (tertiary/aromatic N) is 2. The lowest BCUT2D eigenvalue weighted by molar-refractivity contribution is 0.0547. The van der Waals surface area contributed by atoms with E-state index in [9.17, 15) is 9.59 Å². The van der Waals surface area contributed by atoms with Crippen LogP contribution >= 0.6 is 0 Å². The largest absolute Gasteiger partial charge is 0.443 e. The van der Waals surface area contributed by atoms with E-state index in [0.717, 1.165) is 60.3 Å². The van der Waals surface area contributed by atoms with Gasteiger partial charge in [0, 0.05) is 36.3 Å². The third-order valence-electron chi connectivity index (χ3n) is 7.04. The minimum Gasteiger partial charge on any atom is -0.443 e. The average molecular weight is 503 g/mol. The predicted molar refractivity (Wildman–Crippen MR) is 148 cm³/mol. The molecule has 0 spiro atoms. The van der Waals surface area contributed by atoms with Gasteiger partial charge in [0.2, 0.25) is 0 Å². The van der Waals surface area contributed by atoms with Crippen LogP contribution in [0, 0.1) is 0 Å². The third kappa shape index (κ3) is 5.37. The molecule has 1 fully saturated rings. The summed E-state index contributed by atoms with van der Waals surface area (Å²) in [4.78, 5) is 29.0. The molecule has 0 unspecified atom stereocenters. The number of carbonyl (C=O) groups excluding carboxylic acids is 2. The molecule has 2 aromatic carbocycles. The molecule has 2 aliphatic rings. The smallest absolute Gasteiger partial charge is 0.419 e. The molecular formula is C30H38N4O3. The number of hydrogen-bond donors (Lipinski definition) is 2. The van der Waals surface area contributed by atoms with Gasteiger partial charge in [0.15, 0.2) is 0 Å². The highest BCUT2D eigenvalue weighted by molar-refractivity contribution is 6.07. The minimum absolute atomic E-state index is 0.112. The lowest BCUT2D eigenvalue weighted by Gasteiger charge is -2.26. The molecule has 2 N–H and O–H groups in total. The first kappa shape index (κ1) is 25.3. The van der Waals surface area contributed by atoms with Crippen molar-refractivity contribution >= 4 is 28.6 Å². The van der Waals surface area contributed by atoms with Crippen LogP contribution in [0.15, 0.2) is 36.4 Å². The number of rotatable bonds is 6. The van der Waals surface area contributed by atoms with E-state index in [0.29, 0.717) is 17.8 Å². The minimum atomic E-state index is -0.650. The number of benzene rings is 2. The molecule has 0 atom stereocenters. The lowest BCUT2D eigenvalue weighted by Crippen LogP contribution is -2.29. The Hall–Kier alpha value is -3.32. The summed E-state index contributed by atoms with van der Waals surface area (Å²) in [6.07, 6.45) is 4.34. The summed E-state index contributed by atoms with van der Waals surface area (Å²) >= 11 is 0. The summed E-state index contributed by atoms with van der Waals surface area (Å²) in [7, 11) is 0. The van der Waals surface area contributed by atoms with Gasteiger partial charge in [-0.25, -0.2) is 9.36 Å². The second-order valence-electron chi connectivity index (χ2n) is 11.2. The predicted octanol–water partition coefficient (Wildman–Crippen LogP) is 6.14. The number of aromatic nitrogens is 1. The average Bonchev–Trinajstić information content (AvgIpc) is 3.42. The van der Waals surface area contributed by atoms with E-state index in [1.54, 1.807) is 4.57 Å². The van der Waals surface area contributed by atoms with Gasteiger partial charge in [-0.05, 0) is 94.6 Å². The Morgan fingerprint density at radius 3 is 2.59 bits per heavy atom. The standard InChI is InChI=1S/C30H38N4O3/c1-5-11-31-23-15-22-18-32-28(35)27(22)24(17-23)26-16-21-14-20(19-33-12-7-6-8-13-33)9-10-25(21)34(26)29(36)37-30(2,3)4/h9-10,14-17,31H,5-8,11-13,18-19H2,1-4H3,(H,32,35). The lowest BCUT2D eigenvalue weighted by atomic mass is 9.99. The zero-order chi connectivity index (χ0) is 26.2. The summed E-state index contributed by atoms with van der Waals surface area (Å²) in [5.41, 5.74) is 5.28. The Kier molecular flexibility index (Phi) is 6.99. The van der Waals surface area contributed by atoms with Crippen molar-refractivity contribution in [2.75, 3.05) is 25.0 Å². The molecule has 7 heteroatoms. The molecule has 1 saturated heterocycles. The zero-order valence-electron chi connectivity index (χ0n) is 22.4. The first-order chi connectivity index (χ1) is 17.7. The van der Waals surface area contributed by atoms with E-state index >= 15 is 0 Å². The van der Waals surface area contributed by atoms with Crippen molar-refractivity contribution in [1.29, 1.82) is 0 Å². The number of likely N-dealkylation sites (tertiary alicyclic amines) is 1. The summed E-state index contributed by atoms with van der Waals surface area (Å²) in [6.45, 7) is 12.2. The van der Waals surface area contributed by atoms with Gasteiger partial charge in [0.1, 0.15) is 5.60 Å². The molecule has 196 valence electrons. The van der Waals surface area contributed by atoms with Crippen LogP contribution in [-0.2, 0) is 17.8 Å². The van der Waals surface area contributed by atoms with Crippen LogP contribution in [0.3, 0.4) is 0 Å². The summed E-state index contributed by atoms with van der Waals surface area (Å²) < 4.78 is 7.48. The highest BCUT2D eigenvalue weighted by Crippen LogP contribution is 2.37. The van der Waals surface area contributed by atoms with Gasteiger partial charge < -0.3 is 15.4 Å². The fourth-order valence-corrected chi connectivity index (χ4v) is 5.39. The molecule has 1 amide bonds. The maximum atomic E-state index is 13.6. The van der Waals surface area contributed by atoms with Gasteiger partial charge in [0.05, 0.1) is 16.8 Å². The monoisotopic (exact) mass is 502 g/mol. The molecule has 5 rings (SSSR count). The van der Waals surface area contributed by atoms with Crippen LogP contribution in [0.2, 0.25) is 0 Å². The highest BCUT2D eigenvalue weighted by Gasteiger charge is 2.29. The number of hydrogen-bond acceptors (Lipinski definition) is 5. The van der Waals surface area contributed by atoms with Gasteiger partial charge in [-0.3, -0.25) is 9.69 Å². The SMILES string of the molecule is CCCNc1cc2c(c(-c3cc4cc(CN5CCCCC5)ccc4n3C(=O)OC(C)(C)C)c1)C(=O)NC2. The van der Waals surface area contributed by atoms with Crippen LogP contribution in [0.1, 0.15) is 74.9 Å². The van der Waals surface area contributed by atoms with Gasteiger partial charge in [-0.15, -0.1) is 0 Å². The van der Waals surface area contributed by atoms with Gasteiger partial charge >= 0.3 is 6.09 Å². The van der Waals surface area contributed by atoms with Crippen molar-refractivity contribution in [3.05, 3.63) is 53.1 Å². The van der Waals surface area contributed by atoms with Crippen molar-refractivity contribution in [1.82, 2.24) is 14.8 Å². The molecule has 2 aliphatic heterocycles. The molecule has 0 radical (unpaired) electrons. The number of ether oxygens (including phenoxy) is 1. The van der Waals surface area contributed by atoms with Gasteiger partial charge in [0.25, 0.3) is 5.91 Å². The second-order valence-corrected chi connectivity index (χ2v) is 11.2. The molecule has 0 bridgehead atoms. The Morgan fingerprint density at radius 1 is 1.08 bits per heavy atom. The molecule has 3 heterocycles. The Bertz CT molecular complexity index is 1330. The molecule has 3 aromatic rings. The van der Waals surface area contributed by atoms with E-state index in [-0.39, 0.29) is 5.91 Å². The Morgan fingerprint density at radius 2 is 1.86 bits per heavy atom. The third-order valence-corrected chi connectivity index (χ3v) is 7.04. The summed E-state index contributed by atoms with van der Waals surface area (Å²) in [5, 5.41) is 7.38. The van der Waals surface area contributed by atoms with Crippen molar-refractivity contribution in [2.45, 2.75) is 72.1 Å². The van der Waals surface area contributed by atoms with Crippen LogP contribution in [0.4, 0.5) is 10.5 Å². The molecule has 7 nitrogen and oxygen atoms in total. The van der Waals surface area contributed by atoms with E-state index < -0.39 is 11.7 Å². The summed E-state index contributed by atoms with van der Waals surface area (Å²) in [5.74, 6) is -0.112. The topological polar surface area (TPSA) is 75.6 Å². The fourth-order valence-electron chi connectivity index (χ4n) is 5.39. The van der Waals surface area contributed by atoms with E-state index in [1.165, 1.54) is 24.8 Å². The van der Waals surface area contributed by atoms with Crippen LogP contribution in [-0.4, -0.2) is 46.7 Å². The van der Waals surface area contributed by atoms with Crippen molar-refractivity contribution in [2.24, 2.45) is 0 Å². The van der Waals surface area contributed by atoms with Crippen molar-refractivity contribution in [3.8, 4) is 11.3 Å². The number of piperidine rings is 1. The first-order valence-corrected chi connectivity index (χ1v) is 13.5. The number of fused-ring (bicyclic) bond motifs is 2. The second kappa shape index (κ2) is 10.2. The van der Waals surface area contributed by atoms with Gasteiger partial charge in [-0.2, -0.15) is 0 Å². The quantitative estimate of drug-likeness (QED) is 0.423. The Balaban J connectivity index is 1.65. The van der Waals surface area contributed by atoms with Crippen LogP contribution in [0.25, 0.3) is 22.2 Å². The van der Waals surface area contributed by atoms with Crippen molar-refractivity contribution < 1.29 is 14.3 Å². The number of nitrogens with one attached hydrogen (secondary N) is 2. The molecule has 0 saturated carbocycles. The first-order valence-electron chi connectivity index (χ1n) is 13.5. The van der Waals surface area contributed by atoms with E-state index in [2.05, 4.69) is 34.6 Å². The van der Waals surface area contributed by atoms with Gasteiger partial charge in [-0.1, -0.05) is 19.4 Å². The molecular weight excluding hydrogens is 464 g/mol. The normalized spacial score (nSPS) is 16.1. The number of amides is 1. The molecule has 1 aromatic heterocycles. The Labute approximate surface area is 219 Å². The maximum Gasteiger partial charge on any atom is 0.419 e. The van der Waals surface area contributed by atoms with E-state index in [4.69, 9.17) is 4.74 Å². The number of anilines is 1.